The van der Waals surface area contributed by atoms with Gasteiger partial charge in [-0.05, 0) is 42.0 Å². The van der Waals surface area contributed by atoms with E-state index in [2.05, 4.69) is 4.98 Å². The van der Waals surface area contributed by atoms with Gasteiger partial charge < -0.3 is 14.4 Å². The summed E-state index contributed by atoms with van der Waals surface area (Å²) in [4.78, 5) is 19.4. The average molecular weight is 411 g/mol. The van der Waals surface area contributed by atoms with Crippen molar-refractivity contribution in [2.75, 3.05) is 20.8 Å². The largest absolute Gasteiger partial charge is 0.493 e. The number of pyridine rings is 1. The molecular formula is C23H23ClN2O3. The molecule has 0 unspecified atom stereocenters. The number of rotatable bonds is 8. The molecule has 3 rings (SSSR count). The van der Waals surface area contributed by atoms with Crippen LogP contribution in [0.25, 0.3) is 0 Å². The lowest BCUT2D eigenvalue weighted by Gasteiger charge is -2.24. The molecule has 1 heterocycles. The number of methoxy groups -OCH3 is 2. The van der Waals surface area contributed by atoms with Crippen LogP contribution in [0.3, 0.4) is 0 Å². The molecule has 0 atom stereocenters. The van der Waals surface area contributed by atoms with Gasteiger partial charge >= 0.3 is 0 Å². The molecule has 29 heavy (non-hydrogen) atoms. The Morgan fingerprint density at radius 1 is 1.00 bits per heavy atom. The lowest BCUT2D eigenvalue weighted by Crippen LogP contribution is -2.32. The van der Waals surface area contributed by atoms with Crippen LogP contribution in [0.1, 0.15) is 21.6 Å². The van der Waals surface area contributed by atoms with Crippen molar-refractivity contribution in [1.82, 2.24) is 9.88 Å². The van der Waals surface area contributed by atoms with E-state index in [0.717, 1.165) is 11.3 Å². The fourth-order valence-corrected chi connectivity index (χ4v) is 3.27. The van der Waals surface area contributed by atoms with E-state index in [4.69, 9.17) is 21.1 Å². The molecule has 5 nitrogen and oxygen atoms in total. The van der Waals surface area contributed by atoms with Gasteiger partial charge in [-0.25, -0.2) is 0 Å². The zero-order chi connectivity index (χ0) is 20.6. The molecule has 150 valence electrons. The summed E-state index contributed by atoms with van der Waals surface area (Å²) in [7, 11) is 3.19. The van der Waals surface area contributed by atoms with Crippen LogP contribution in [0, 0.1) is 0 Å². The van der Waals surface area contributed by atoms with E-state index in [-0.39, 0.29) is 5.91 Å². The maximum Gasteiger partial charge on any atom is 0.255 e. The number of benzene rings is 2. The Balaban J connectivity index is 1.86. The molecule has 0 N–H and O–H groups in total. The van der Waals surface area contributed by atoms with Crippen molar-refractivity contribution < 1.29 is 14.3 Å². The number of amides is 1. The van der Waals surface area contributed by atoms with Crippen molar-refractivity contribution in [1.29, 1.82) is 0 Å². The normalized spacial score (nSPS) is 10.4. The summed E-state index contributed by atoms with van der Waals surface area (Å²) >= 11 is 6.27. The number of nitrogens with zero attached hydrogens (tertiary/aromatic N) is 2. The van der Waals surface area contributed by atoms with Gasteiger partial charge in [0, 0.05) is 31.4 Å². The SMILES string of the molecule is COc1ccc(CN(CCc2ccccn2)C(=O)c2ccccc2Cl)cc1OC. The molecule has 2 aromatic carbocycles. The van der Waals surface area contributed by atoms with Gasteiger partial charge in [0.1, 0.15) is 0 Å². The van der Waals surface area contributed by atoms with Gasteiger partial charge in [-0.15, -0.1) is 0 Å². The first-order chi connectivity index (χ1) is 14.1. The third-order valence-corrected chi connectivity index (χ3v) is 4.91. The Hall–Kier alpha value is -3.05. The summed E-state index contributed by atoms with van der Waals surface area (Å²) in [5.74, 6) is 1.15. The fraction of sp³-hybridized carbons (Fsp3) is 0.217. The lowest BCUT2D eigenvalue weighted by molar-refractivity contribution is 0.0744. The van der Waals surface area contributed by atoms with Crippen LogP contribution in [0.15, 0.2) is 66.9 Å². The van der Waals surface area contributed by atoms with Gasteiger partial charge in [0.25, 0.3) is 5.91 Å². The molecule has 1 amide bonds. The Morgan fingerprint density at radius 2 is 1.76 bits per heavy atom. The predicted molar refractivity (Wildman–Crippen MR) is 114 cm³/mol. The van der Waals surface area contributed by atoms with Crippen LogP contribution in [0.5, 0.6) is 11.5 Å². The van der Waals surface area contributed by atoms with Crippen LogP contribution < -0.4 is 9.47 Å². The van der Waals surface area contributed by atoms with E-state index >= 15 is 0 Å². The first-order valence-electron chi connectivity index (χ1n) is 9.27. The summed E-state index contributed by atoms with van der Waals surface area (Å²) in [6.45, 7) is 0.923. The van der Waals surface area contributed by atoms with Crippen molar-refractivity contribution in [3.8, 4) is 11.5 Å². The first kappa shape index (κ1) is 20.7. The molecule has 0 aliphatic carbocycles. The molecule has 3 aromatic rings. The van der Waals surface area contributed by atoms with E-state index < -0.39 is 0 Å². The highest BCUT2D eigenvalue weighted by atomic mass is 35.5. The quantitative estimate of drug-likeness (QED) is 0.543. The van der Waals surface area contributed by atoms with Crippen molar-refractivity contribution in [3.63, 3.8) is 0 Å². The van der Waals surface area contributed by atoms with Crippen LogP contribution in [-0.4, -0.2) is 36.6 Å². The molecule has 0 aliphatic rings. The van der Waals surface area contributed by atoms with Gasteiger partial charge in [0.15, 0.2) is 11.5 Å². The summed E-state index contributed by atoms with van der Waals surface area (Å²) in [6.07, 6.45) is 2.40. The highest BCUT2D eigenvalue weighted by Crippen LogP contribution is 2.28. The number of hydrogen-bond acceptors (Lipinski definition) is 4. The van der Waals surface area contributed by atoms with Crippen LogP contribution in [-0.2, 0) is 13.0 Å². The second-order valence-corrected chi connectivity index (χ2v) is 6.87. The molecule has 0 saturated heterocycles. The third-order valence-electron chi connectivity index (χ3n) is 4.58. The summed E-state index contributed by atoms with van der Waals surface area (Å²) in [5, 5.41) is 0.438. The predicted octanol–water partition coefficient (Wildman–Crippen LogP) is 4.64. The van der Waals surface area contributed by atoms with Crippen molar-refractivity contribution >= 4 is 17.5 Å². The maximum absolute atomic E-state index is 13.2. The van der Waals surface area contributed by atoms with E-state index in [1.54, 1.807) is 37.4 Å². The summed E-state index contributed by atoms with van der Waals surface area (Å²) in [6, 6.07) is 18.5. The minimum atomic E-state index is -0.124. The van der Waals surface area contributed by atoms with E-state index in [9.17, 15) is 4.79 Å². The van der Waals surface area contributed by atoms with E-state index in [1.165, 1.54) is 0 Å². The molecule has 0 bridgehead atoms. The number of ether oxygens (including phenoxy) is 2. The maximum atomic E-state index is 13.2. The molecule has 6 heteroatoms. The Labute approximate surface area is 175 Å². The Kier molecular flexibility index (Phi) is 7.09. The topological polar surface area (TPSA) is 51.7 Å². The van der Waals surface area contributed by atoms with Crippen molar-refractivity contribution in [2.24, 2.45) is 0 Å². The minimum absolute atomic E-state index is 0.124. The van der Waals surface area contributed by atoms with Gasteiger partial charge in [0.2, 0.25) is 0 Å². The third kappa shape index (κ3) is 5.27. The second kappa shape index (κ2) is 9.94. The molecule has 0 fully saturated rings. The Morgan fingerprint density at radius 3 is 2.45 bits per heavy atom. The number of carbonyl (C=O) groups is 1. The molecule has 1 aromatic heterocycles. The number of carbonyl (C=O) groups excluding carboxylic acids is 1. The second-order valence-electron chi connectivity index (χ2n) is 6.47. The summed E-state index contributed by atoms with van der Waals surface area (Å²) < 4.78 is 10.7. The average Bonchev–Trinajstić information content (AvgIpc) is 2.77. The molecule has 0 saturated carbocycles. The van der Waals surface area contributed by atoms with Crippen molar-refractivity contribution in [2.45, 2.75) is 13.0 Å². The van der Waals surface area contributed by atoms with E-state index in [0.29, 0.717) is 41.6 Å². The number of hydrogen-bond donors (Lipinski definition) is 0. The zero-order valence-corrected chi connectivity index (χ0v) is 17.2. The smallest absolute Gasteiger partial charge is 0.255 e. The van der Waals surface area contributed by atoms with E-state index in [1.807, 2.05) is 48.5 Å². The fourth-order valence-electron chi connectivity index (χ4n) is 3.05. The lowest BCUT2D eigenvalue weighted by atomic mass is 10.1. The minimum Gasteiger partial charge on any atom is -0.493 e. The van der Waals surface area contributed by atoms with Gasteiger partial charge in [-0.3, -0.25) is 9.78 Å². The van der Waals surface area contributed by atoms with Crippen molar-refractivity contribution in [3.05, 3.63) is 88.7 Å². The summed E-state index contributed by atoms with van der Waals surface area (Å²) in [5.41, 5.74) is 2.34. The Bertz CT molecular complexity index is 963. The van der Waals surface area contributed by atoms with Gasteiger partial charge in [-0.2, -0.15) is 0 Å². The van der Waals surface area contributed by atoms with Crippen LogP contribution >= 0.6 is 11.6 Å². The van der Waals surface area contributed by atoms with Gasteiger partial charge in [0.05, 0.1) is 24.8 Å². The monoisotopic (exact) mass is 410 g/mol. The van der Waals surface area contributed by atoms with Gasteiger partial charge in [-0.1, -0.05) is 35.9 Å². The first-order valence-corrected chi connectivity index (χ1v) is 9.64. The molecule has 0 spiro atoms. The highest BCUT2D eigenvalue weighted by molar-refractivity contribution is 6.33. The molecular weight excluding hydrogens is 388 g/mol. The standard InChI is InChI=1S/C23H23ClN2O3/c1-28-21-11-10-17(15-22(21)29-2)16-26(14-12-18-7-5-6-13-25-18)23(27)19-8-3-4-9-20(19)24/h3-11,13,15H,12,14,16H2,1-2H3. The zero-order valence-electron chi connectivity index (χ0n) is 16.5. The van der Waals surface area contributed by atoms with Crippen LogP contribution in [0.4, 0.5) is 0 Å². The molecule has 0 aliphatic heterocycles. The highest BCUT2D eigenvalue weighted by Gasteiger charge is 2.19. The number of halogens is 1. The molecule has 0 radical (unpaired) electrons. The number of aromatic nitrogens is 1. The van der Waals surface area contributed by atoms with Crippen LogP contribution in [0.2, 0.25) is 5.02 Å².